The molecule has 10 heteroatoms. The highest BCUT2D eigenvalue weighted by Crippen LogP contribution is 2.19. The van der Waals surface area contributed by atoms with Crippen molar-refractivity contribution in [2.24, 2.45) is 0 Å². The maximum absolute atomic E-state index is 13.2. The molecule has 2 aromatic carbocycles. The highest BCUT2D eigenvalue weighted by molar-refractivity contribution is 9.10. The highest BCUT2D eigenvalue weighted by Gasteiger charge is 2.23. The maximum atomic E-state index is 13.2. The van der Waals surface area contributed by atoms with E-state index >= 15 is 0 Å². The Balaban J connectivity index is 2.07. The van der Waals surface area contributed by atoms with Crippen LogP contribution < -0.4 is 5.32 Å². The van der Waals surface area contributed by atoms with Gasteiger partial charge in [-0.1, -0.05) is 28.1 Å². The van der Waals surface area contributed by atoms with E-state index in [2.05, 4.69) is 21.2 Å². The van der Waals surface area contributed by atoms with Gasteiger partial charge in [-0.3, -0.25) is 14.9 Å². The number of rotatable bonds is 9. The van der Waals surface area contributed by atoms with Crippen LogP contribution in [0.4, 0.5) is 10.1 Å². The lowest BCUT2D eigenvalue weighted by Crippen LogP contribution is -2.42. The quantitative estimate of drug-likeness (QED) is 0.327. The van der Waals surface area contributed by atoms with E-state index in [0.717, 1.165) is 6.07 Å². The van der Waals surface area contributed by atoms with Gasteiger partial charge < -0.3 is 10.1 Å². The summed E-state index contributed by atoms with van der Waals surface area (Å²) in [5.74, 6) is -1.09. The Morgan fingerprint density at radius 2 is 2.07 bits per heavy atom. The number of non-ortho nitro benzene ring substituents is 1. The molecule has 29 heavy (non-hydrogen) atoms. The molecule has 0 saturated carbocycles. The molecule has 0 aromatic heterocycles. The van der Waals surface area contributed by atoms with Gasteiger partial charge in [0.15, 0.2) is 0 Å². The molecule has 0 aliphatic carbocycles. The van der Waals surface area contributed by atoms with Crippen LogP contribution in [0.15, 0.2) is 46.9 Å². The number of ether oxygens (including phenoxy) is 1. The van der Waals surface area contributed by atoms with Gasteiger partial charge in [-0.25, -0.2) is 9.18 Å². The second kappa shape index (κ2) is 10.9. The van der Waals surface area contributed by atoms with Crippen LogP contribution in [-0.2, 0) is 16.1 Å². The average molecular weight is 485 g/mol. The van der Waals surface area contributed by atoms with Crippen molar-refractivity contribution in [2.75, 3.05) is 12.0 Å². The van der Waals surface area contributed by atoms with Crippen LogP contribution in [0.5, 0.6) is 0 Å². The van der Waals surface area contributed by atoms with Crippen LogP contribution in [0.25, 0.3) is 0 Å². The molecule has 2 rings (SSSR count). The topological polar surface area (TPSA) is 98.5 Å². The molecule has 0 spiro atoms. The lowest BCUT2D eigenvalue weighted by Gasteiger charge is -2.18. The number of nitrogens with one attached hydrogen (secondary N) is 1. The zero-order chi connectivity index (χ0) is 21.4. The third-order valence-electron chi connectivity index (χ3n) is 3.90. The number of halogens is 2. The number of hydrogen-bond donors (Lipinski definition) is 1. The first kappa shape index (κ1) is 22.8. The molecule has 154 valence electrons. The molecule has 1 atom stereocenters. The second-order valence-electron chi connectivity index (χ2n) is 5.96. The minimum absolute atomic E-state index is 0.0717. The fraction of sp³-hybridized carbons (Fsp3) is 0.263. The summed E-state index contributed by atoms with van der Waals surface area (Å²) < 4.78 is 18.9. The van der Waals surface area contributed by atoms with Crippen LogP contribution >= 0.6 is 27.7 Å². The van der Waals surface area contributed by atoms with Crippen LogP contribution in [0.1, 0.15) is 22.3 Å². The Morgan fingerprint density at radius 1 is 1.31 bits per heavy atom. The summed E-state index contributed by atoms with van der Waals surface area (Å²) in [7, 11) is 0. The second-order valence-corrected chi connectivity index (χ2v) is 7.80. The minimum Gasteiger partial charge on any atom is -0.459 e. The predicted molar refractivity (Wildman–Crippen MR) is 111 cm³/mol. The molecular formula is C19H18BrFN2O5S. The third-order valence-corrected chi connectivity index (χ3v) is 5.29. The van der Waals surface area contributed by atoms with Gasteiger partial charge in [-0.2, -0.15) is 11.8 Å². The third kappa shape index (κ3) is 6.82. The summed E-state index contributed by atoms with van der Waals surface area (Å²) in [6.45, 7) is -0.0951. The number of benzene rings is 2. The van der Waals surface area contributed by atoms with Gasteiger partial charge in [0.05, 0.1) is 4.92 Å². The molecule has 0 bridgehead atoms. The van der Waals surface area contributed by atoms with Crippen LogP contribution in [0.3, 0.4) is 0 Å². The van der Waals surface area contributed by atoms with Gasteiger partial charge in [0.2, 0.25) is 0 Å². The predicted octanol–water partition coefficient (Wildman–Crippen LogP) is 4.09. The van der Waals surface area contributed by atoms with Crippen molar-refractivity contribution in [1.29, 1.82) is 0 Å². The summed E-state index contributed by atoms with van der Waals surface area (Å²) in [5.41, 5.74) is 0.429. The molecule has 2 aromatic rings. The molecule has 0 aliphatic heterocycles. The highest BCUT2D eigenvalue weighted by atomic mass is 79.9. The molecule has 1 amide bonds. The molecule has 1 unspecified atom stereocenters. The lowest BCUT2D eigenvalue weighted by atomic mass is 10.1. The summed E-state index contributed by atoms with van der Waals surface area (Å²) in [4.78, 5) is 35.2. The molecule has 0 fully saturated rings. The molecule has 0 radical (unpaired) electrons. The van der Waals surface area contributed by atoms with Gasteiger partial charge in [-0.15, -0.1) is 0 Å². The zero-order valence-electron chi connectivity index (χ0n) is 15.4. The summed E-state index contributed by atoms with van der Waals surface area (Å²) in [5, 5.41) is 13.5. The summed E-state index contributed by atoms with van der Waals surface area (Å²) in [6, 6.07) is 8.32. The monoisotopic (exact) mass is 484 g/mol. The normalized spacial score (nSPS) is 11.6. The number of carbonyl (C=O) groups is 2. The van der Waals surface area contributed by atoms with E-state index in [1.165, 1.54) is 48.2 Å². The van der Waals surface area contributed by atoms with Crippen molar-refractivity contribution in [1.82, 2.24) is 5.32 Å². The van der Waals surface area contributed by atoms with Crippen LogP contribution in [-0.4, -0.2) is 34.9 Å². The van der Waals surface area contributed by atoms with E-state index in [-0.39, 0.29) is 17.9 Å². The van der Waals surface area contributed by atoms with E-state index in [0.29, 0.717) is 22.2 Å². The van der Waals surface area contributed by atoms with Gasteiger partial charge in [0.1, 0.15) is 18.5 Å². The summed E-state index contributed by atoms with van der Waals surface area (Å²) in [6.07, 6.45) is 2.19. The van der Waals surface area contributed by atoms with E-state index < -0.39 is 28.7 Å². The number of esters is 1. The standard InChI is InChI=1S/C19H18BrFN2O5S/c1-29-8-7-17(19(25)28-11-13-5-6-14(21)10-16(13)20)22-18(24)12-3-2-4-15(9-12)23(26)27/h2-6,9-10,17H,7-8,11H2,1H3,(H,22,24). The van der Waals surface area contributed by atoms with Crippen LogP contribution in [0.2, 0.25) is 0 Å². The number of thioether (sulfide) groups is 1. The SMILES string of the molecule is CSCCC(NC(=O)c1cccc([N+](=O)[O-])c1)C(=O)OCc1ccc(F)cc1Br. The van der Waals surface area contributed by atoms with E-state index in [4.69, 9.17) is 4.74 Å². The van der Waals surface area contributed by atoms with Gasteiger partial charge in [0.25, 0.3) is 11.6 Å². The Bertz CT molecular complexity index is 912. The fourth-order valence-corrected chi connectivity index (χ4v) is 3.31. The Kier molecular flexibility index (Phi) is 8.59. The number of carbonyl (C=O) groups excluding carboxylic acids is 2. The average Bonchev–Trinajstić information content (AvgIpc) is 2.70. The molecule has 0 saturated heterocycles. The molecule has 0 heterocycles. The number of nitro benzene ring substituents is 1. The smallest absolute Gasteiger partial charge is 0.329 e. The fourth-order valence-electron chi connectivity index (χ4n) is 2.38. The van der Waals surface area contributed by atoms with Gasteiger partial charge in [0, 0.05) is 27.7 Å². The Hall–Kier alpha value is -2.46. The lowest BCUT2D eigenvalue weighted by molar-refractivity contribution is -0.384. The minimum atomic E-state index is -0.923. The Morgan fingerprint density at radius 3 is 2.72 bits per heavy atom. The molecule has 0 aliphatic rings. The maximum Gasteiger partial charge on any atom is 0.329 e. The van der Waals surface area contributed by atoms with E-state index in [9.17, 15) is 24.1 Å². The zero-order valence-corrected chi connectivity index (χ0v) is 17.8. The van der Waals surface area contributed by atoms with Crippen molar-refractivity contribution >= 4 is 45.3 Å². The molecule has 7 nitrogen and oxygen atoms in total. The largest absolute Gasteiger partial charge is 0.459 e. The first-order valence-corrected chi connectivity index (χ1v) is 10.7. The van der Waals surface area contributed by atoms with Crippen molar-refractivity contribution in [3.8, 4) is 0 Å². The number of hydrogen-bond acceptors (Lipinski definition) is 6. The van der Waals surface area contributed by atoms with Crippen LogP contribution in [0, 0.1) is 15.9 Å². The first-order chi connectivity index (χ1) is 13.8. The molecule has 1 N–H and O–H groups in total. The number of nitro groups is 1. The number of nitrogens with zero attached hydrogens (tertiary/aromatic N) is 1. The Labute approximate surface area is 179 Å². The van der Waals surface area contributed by atoms with Crippen molar-refractivity contribution in [2.45, 2.75) is 19.1 Å². The first-order valence-electron chi connectivity index (χ1n) is 8.46. The van der Waals surface area contributed by atoms with E-state index in [1.807, 2.05) is 6.26 Å². The molecular weight excluding hydrogens is 467 g/mol. The van der Waals surface area contributed by atoms with Crippen molar-refractivity contribution in [3.63, 3.8) is 0 Å². The van der Waals surface area contributed by atoms with Crippen molar-refractivity contribution < 1.29 is 23.6 Å². The number of amides is 1. The summed E-state index contributed by atoms with van der Waals surface area (Å²) >= 11 is 4.70. The van der Waals surface area contributed by atoms with Crippen molar-refractivity contribution in [3.05, 3.63) is 74.0 Å². The van der Waals surface area contributed by atoms with E-state index in [1.54, 1.807) is 0 Å². The van der Waals surface area contributed by atoms with Gasteiger partial charge >= 0.3 is 5.97 Å². The van der Waals surface area contributed by atoms with Gasteiger partial charge in [-0.05, 0) is 36.6 Å².